The third-order valence-corrected chi connectivity index (χ3v) is 2.03. The van der Waals surface area contributed by atoms with Crippen LogP contribution in [0.15, 0.2) is 5.11 Å². The molecule has 0 bridgehead atoms. The summed E-state index contributed by atoms with van der Waals surface area (Å²) < 4.78 is 5.02. The van der Waals surface area contributed by atoms with Crippen molar-refractivity contribution < 1.29 is 14.9 Å². The van der Waals surface area contributed by atoms with Gasteiger partial charge in [0, 0.05) is 4.91 Å². The molecule has 1 saturated heterocycles. The summed E-state index contributed by atoms with van der Waals surface area (Å²) in [5.74, 6) is 0. The van der Waals surface area contributed by atoms with E-state index in [-0.39, 0.29) is 13.2 Å². The maximum Gasteiger partial charge on any atom is 0.107 e. The fraction of sp³-hybridized carbons (Fsp3) is 1.00. The van der Waals surface area contributed by atoms with Crippen LogP contribution in [0.5, 0.6) is 0 Å². The van der Waals surface area contributed by atoms with Gasteiger partial charge in [-0.1, -0.05) is 5.11 Å². The predicted octanol–water partition coefficient (Wildman–Crippen LogP) is -0.193. The molecule has 1 fully saturated rings. The molecule has 1 aliphatic rings. The van der Waals surface area contributed by atoms with Crippen molar-refractivity contribution in [3.05, 3.63) is 10.4 Å². The highest BCUT2D eigenvalue weighted by atomic mass is 16.5. The Kier molecular flexibility index (Phi) is 2.54. The van der Waals surface area contributed by atoms with Crippen molar-refractivity contribution in [1.82, 2.24) is 0 Å². The van der Waals surface area contributed by atoms with Crippen molar-refractivity contribution in [2.45, 2.75) is 24.7 Å². The van der Waals surface area contributed by atoms with E-state index >= 15 is 0 Å². The minimum atomic E-state index is -0.942. The Morgan fingerprint density at radius 1 is 1.83 bits per heavy atom. The van der Waals surface area contributed by atoms with Crippen LogP contribution in [0.1, 0.15) is 6.92 Å². The smallest absolute Gasteiger partial charge is 0.107 e. The third kappa shape index (κ3) is 1.37. The molecule has 0 spiro atoms. The van der Waals surface area contributed by atoms with E-state index in [0.717, 1.165) is 0 Å². The second-order valence-corrected chi connectivity index (χ2v) is 3.02. The van der Waals surface area contributed by atoms with E-state index in [1.54, 1.807) is 6.92 Å². The topological polar surface area (TPSA) is 98.5 Å². The number of rotatable bonds is 2. The van der Waals surface area contributed by atoms with Crippen molar-refractivity contribution in [2.24, 2.45) is 5.11 Å². The maximum atomic E-state index is 9.49. The molecule has 1 aliphatic heterocycles. The van der Waals surface area contributed by atoms with E-state index in [1.807, 2.05) is 0 Å². The average molecular weight is 173 g/mol. The van der Waals surface area contributed by atoms with Crippen LogP contribution in [0.3, 0.4) is 0 Å². The zero-order valence-corrected chi connectivity index (χ0v) is 6.71. The first-order valence-corrected chi connectivity index (χ1v) is 3.61. The summed E-state index contributed by atoms with van der Waals surface area (Å²) >= 11 is 0. The Morgan fingerprint density at radius 2 is 2.50 bits per heavy atom. The summed E-state index contributed by atoms with van der Waals surface area (Å²) in [5, 5.41) is 21.6. The number of hydrogen-bond acceptors (Lipinski definition) is 4. The average Bonchev–Trinajstić information content (AvgIpc) is 2.30. The summed E-state index contributed by atoms with van der Waals surface area (Å²) in [5.41, 5.74) is 7.26. The third-order valence-electron chi connectivity index (χ3n) is 2.03. The highest BCUT2D eigenvalue weighted by Crippen LogP contribution is 2.27. The second kappa shape index (κ2) is 3.28. The lowest BCUT2D eigenvalue weighted by atomic mass is 9.96. The van der Waals surface area contributed by atoms with E-state index in [1.165, 1.54) is 0 Å². The van der Waals surface area contributed by atoms with E-state index in [9.17, 15) is 5.11 Å². The molecule has 0 amide bonds. The molecule has 0 radical (unpaired) electrons. The van der Waals surface area contributed by atoms with Gasteiger partial charge in [-0.3, -0.25) is 0 Å². The SMILES string of the molecule is C[C@]1(N=[N+]=[N-])CO[C@H](CO)[C@H]1O. The van der Waals surface area contributed by atoms with Crippen LogP contribution >= 0.6 is 0 Å². The first-order chi connectivity index (χ1) is 5.64. The van der Waals surface area contributed by atoms with E-state index in [0.29, 0.717) is 0 Å². The fourth-order valence-corrected chi connectivity index (χ4v) is 1.20. The van der Waals surface area contributed by atoms with Crippen molar-refractivity contribution in [2.75, 3.05) is 13.2 Å². The van der Waals surface area contributed by atoms with E-state index < -0.39 is 17.7 Å². The molecule has 0 aromatic rings. The van der Waals surface area contributed by atoms with Crippen LogP contribution < -0.4 is 0 Å². The van der Waals surface area contributed by atoms with Gasteiger partial charge < -0.3 is 14.9 Å². The number of hydrogen-bond donors (Lipinski definition) is 2. The Bertz CT molecular complexity index is 216. The molecule has 2 N–H and O–H groups in total. The lowest BCUT2D eigenvalue weighted by Crippen LogP contribution is -2.40. The quantitative estimate of drug-likeness (QED) is 0.344. The molecular weight excluding hydrogens is 162 g/mol. The molecule has 1 rings (SSSR count). The van der Waals surface area contributed by atoms with Crippen LogP contribution in [0.2, 0.25) is 0 Å². The zero-order valence-electron chi connectivity index (χ0n) is 6.71. The van der Waals surface area contributed by atoms with Gasteiger partial charge in [0.2, 0.25) is 0 Å². The molecular formula is C6H11N3O3. The minimum absolute atomic E-state index is 0.142. The van der Waals surface area contributed by atoms with Crippen molar-refractivity contribution >= 4 is 0 Å². The molecule has 0 aliphatic carbocycles. The minimum Gasteiger partial charge on any atom is -0.394 e. The van der Waals surface area contributed by atoms with Gasteiger partial charge in [0.1, 0.15) is 6.10 Å². The standard InChI is InChI=1S/C6H11N3O3/c1-6(8-9-7)3-12-4(2-10)5(6)11/h4-5,10-11H,2-3H2,1H3/t4-,5-,6+/m1/s1. The van der Waals surface area contributed by atoms with Gasteiger partial charge in [0.25, 0.3) is 0 Å². The van der Waals surface area contributed by atoms with E-state index in [2.05, 4.69) is 10.0 Å². The molecule has 0 aromatic heterocycles. The van der Waals surface area contributed by atoms with Gasteiger partial charge in [-0.05, 0) is 12.5 Å². The summed E-state index contributed by atoms with van der Waals surface area (Å²) in [7, 11) is 0. The largest absolute Gasteiger partial charge is 0.394 e. The number of azide groups is 1. The van der Waals surface area contributed by atoms with Crippen LogP contribution in [-0.2, 0) is 4.74 Å². The van der Waals surface area contributed by atoms with Crippen LogP contribution in [0.4, 0.5) is 0 Å². The predicted molar refractivity (Wildman–Crippen MR) is 40.4 cm³/mol. The molecule has 12 heavy (non-hydrogen) atoms. The summed E-state index contributed by atoms with van der Waals surface area (Å²) in [6.07, 6.45) is -1.57. The molecule has 3 atom stereocenters. The Morgan fingerprint density at radius 3 is 2.92 bits per heavy atom. The molecule has 0 unspecified atom stereocenters. The highest BCUT2D eigenvalue weighted by molar-refractivity contribution is 5.00. The maximum absolute atomic E-state index is 9.49. The molecule has 6 nitrogen and oxygen atoms in total. The van der Waals surface area contributed by atoms with Crippen LogP contribution in [0.25, 0.3) is 10.4 Å². The van der Waals surface area contributed by atoms with E-state index in [4.69, 9.17) is 15.4 Å². The lowest BCUT2D eigenvalue weighted by molar-refractivity contribution is 0.000959. The zero-order chi connectivity index (χ0) is 9.19. The monoisotopic (exact) mass is 173 g/mol. The number of aliphatic hydroxyl groups is 2. The molecule has 0 saturated carbocycles. The Balaban J connectivity index is 2.76. The van der Waals surface area contributed by atoms with Crippen molar-refractivity contribution in [1.29, 1.82) is 0 Å². The number of nitrogens with zero attached hydrogens (tertiary/aromatic N) is 3. The fourth-order valence-electron chi connectivity index (χ4n) is 1.20. The molecule has 68 valence electrons. The summed E-state index contributed by atoms with van der Waals surface area (Å²) in [6, 6.07) is 0. The van der Waals surface area contributed by atoms with Gasteiger partial charge in [0.15, 0.2) is 0 Å². The van der Waals surface area contributed by atoms with Crippen molar-refractivity contribution in [3.63, 3.8) is 0 Å². The summed E-state index contributed by atoms with van der Waals surface area (Å²) in [6.45, 7) is 1.47. The van der Waals surface area contributed by atoms with Gasteiger partial charge in [-0.25, -0.2) is 0 Å². The van der Waals surface area contributed by atoms with Gasteiger partial charge in [0.05, 0.1) is 24.9 Å². The van der Waals surface area contributed by atoms with Gasteiger partial charge >= 0.3 is 0 Å². The highest BCUT2D eigenvalue weighted by Gasteiger charge is 2.44. The number of ether oxygens (including phenoxy) is 1. The molecule has 0 aromatic carbocycles. The molecule has 6 heteroatoms. The first-order valence-electron chi connectivity index (χ1n) is 3.61. The van der Waals surface area contributed by atoms with Gasteiger partial charge in [-0.2, -0.15) is 0 Å². The normalized spacial score (nSPS) is 40.9. The van der Waals surface area contributed by atoms with Crippen molar-refractivity contribution in [3.8, 4) is 0 Å². The lowest BCUT2D eigenvalue weighted by Gasteiger charge is -2.20. The summed E-state index contributed by atoms with van der Waals surface area (Å²) in [4.78, 5) is 2.61. The number of aliphatic hydroxyl groups excluding tert-OH is 2. The molecule has 1 heterocycles. The second-order valence-electron chi connectivity index (χ2n) is 3.02. The Labute approximate surface area is 69.4 Å². The van der Waals surface area contributed by atoms with Crippen LogP contribution in [0, 0.1) is 0 Å². The Hall–Kier alpha value is -0.810. The van der Waals surface area contributed by atoms with Crippen LogP contribution in [-0.4, -0.2) is 41.2 Å². The first kappa shape index (κ1) is 9.28. The van der Waals surface area contributed by atoms with Gasteiger partial charge in [-0.15, -0.1) is 0 Å².